The van der Waals surface area contributed by atoms with Crippen LogP contribution in [0.3, 0.4) is 0 Å². The van der Waals surface area contributed by atoms with Crippen molar-refractivity contribution in [3.63, 3.8) is 0 Å². The summed E-state index contributed by atoms with van der Waals surface area (Å²) in [4.78, 5) is 27.1. The van der Waals surface area contributed by atoms with Gasteiger partial charge in [0.05, 0.1) is 19.3 Å². The molecule has 0 atom stereocenters. The van der Waals surface area contributed by atoms with Gasteiger partial charge >= 0.3 is 5.97 Å². The number of Topliss-reactive ketones (excluding diaryl/α,β-unsaturated/α-hetero) is 1. The van der Waals surface area contributed by atoms with E-state index >= 15 is 0 Å². The van der Waals surface area contributed by atoms with Gasteiger partial charge in [0.25, 0.3) is 0 Å². The van der Waals surface area contributed by atoms with Crippen LogP contribution in [0, 0.1) is 0 Å². The standard InChI is InChI=1S/C25H32N2O4/c1-21(28)20-24(29)31-19-18-30-17-16-26-12-14-27(15-13-26)25(22-8-4-2-5-9-22)23-10-6-3-7-11-23/h2-11,25H,12-20H2,1H3. The van der Waals surface area contributed by atoms with Crippen molar-refractivity contribution in [2.24, 2.45) is 0 Å². The van der Waals surface area contributed by atoms with Crippen LogP contribution in [0.2, 0.25) is 0 Å². The Labute approximate surface area is 184 Å². The average molecular weight is 425 g/mol. The van der Waals surface area contributed by atoms with Gasteiger partial charge in [-0.15, -0.1) is 0 Å². The Morgan fingerprint density at radius 3 is 1.97 bits per heavy atom. The topological polar surface area (TPSA) is 59.1 Å². The minimum atomic E-state index is -0.487. The van der Waals surface area contributed by atoms with Crippen molar-refractivity contribution in [2.75, 3.05) is 52.5 Å². The molecule has 0 unspecified atom stereocenters. The zero-order chi connectivity index (χ0) is 21.9. The molecule has 31 heavy (non-hydrogen) atoms. The highest BCUT2D eigenvalue weighted by molar-refractivity contribution is 5.94. The number of piperazine rings is 1. The van der Waals surface area contributed by atoms with Crippen LogP contribution < -0.4 is 0 Å². The van der Waals surface area contributed by atoms with Gasteiger partial charge in [-0.1, -0.05) is 60.7 Å². The molecule has 3 rings (SSSR count). The summed E-state index contributed by atoms with van der Waals surface area (Å²) < 4.78 is 10.6. The molecule has 0 saturated carbocycles. The Morgan fingerprint density at radius 1 is 0.839 bits per heavy atom. The van der Waals surface area contributed by atoms with Crippen molar-refractivity contribution in [3.8, 4) is 0 Å². The first kappa shape index (κ1) is 23.1. The lowest BCUT2D eigenvalue weighted by atomic mass is 9.96. The lowest BCUT2D eigenvalue weighted by Gasteiger charge is -2.39. The largest absolute Gasteiger partial charge is 0.463 e. The van der Waals surface area contributed by atoms with Crippen LogP contribution in [0.4, 0.5) is 0 Å². The van der Waals surface area contributed by atoms with E-state index in [2.05, 4.69) is 70.5 Å². The summed E-state index contributed by atoms with van der Waals surface area (Å²) in [6.07, 6.45) is -0.169. The predicted molar refractivity (Wildman–Crippen MR) is 120 cm³/mol. The van der Waals surface area contributed by atoms with Gasteiger partial charge in [-0.3, -0.25) is 19.4 Å². The number of hydrogen-bond donors (Lipinski definition) is 0. The first-order valence-corrected chi connectivity index (χ1v) is 10.9. The van der Waals surface area contributed by atoms with Gasteiger partial charge in [0.2, 0.25) is 0 Å². The van der Waals surface area contributed by atoms with Crippen LogP contribution >= 0.6 is 0 Å². The third kappa shape index (κ3) is 7.58. The maximum Gasteiger partial charge on any atom is 0.313 e. The Bertz CT molecular complexity index is 765. The summed E-state index contributed by atoms with van der Waals surface area (Å²) in [5.74, 6) is -0.676. The van der Waals surface area contributed by atoms with E-state index in [0.717, 1.165) is 32.7 Å². The second-order valence-corrected chi connectivity index (χ2v) is 7.81. The number of carbonyl (C=O) groups excluding carboxylic acids is 2. The smallest absolute Gasteiger partial charge is 0.313 e. The van der Waals surface area contributed by atoms with Crippen molar-refractivity contribution in [1.29, 1.82) is 0 Å². The van der Waals surface area contributed by atoms with Crippen LogP contribution in [-0.4, -0.2) is 74.1 Å². The van der Waals surface area contributed by atoms with Crippen molar-refractivity contribution in [3.05, 3.63) is 71.8 Å². The van der Waals surface area contributed by atoms with Crippen LogP contribution in [0.25, 0.3) is 0 Å². The lowest BCUT2D eigenvalue weighted by Crippen LogP contribution is -2.48. The highest BCUT2D eigenvalue weighted by Gasteiger charge is 2.26. The molecule has 166 valence electrons. The fourth-order valence-corrected chi connectivity index (χ4v) is 3.89. The summed E-state index contributed by atoms with van der Waals surface area (Å²) in [6.45, 7) is 7.36. The summed E-state index contributed by atoms with van der Waals surface area (Å²) in [7, 11) is 0. The zero-order valence-corrected chi connectivity index (χ0v) is 18.2. The first-order chi connectivity index (χ1) is 15.1. The highest BCUT2D eigenvalue weighted by atomic mass is 16.6. The van der Waals surface area contributed by atoms with Crippen molar-refractivity contribution < 1.29 is 19.1 Å². The molecule has 0 aromatic heterocycles. The molecule has 2 aromatic rings. The van der Waals surface area contributed by atoms with Crippen molar-refractivity contribution >= 4 is 11.8 Å². The van der Waals surface area contributed by atoms with E-state index in [1.165, 1.54) is 18.1 Å². The second-order valence-electron chi connectivity index (χ2n) is 7.81. The molecule has 0 aliphatic carbocycles. The monoisotopic (exact) mass is 424 g/mol. The van der Waals surface area contributed by atoms with Crippen LogP contribution in [0.1, 0.15) is 30.5 Å². The molecule has 0 N–H and O–H groups in total. The van der Waals surface area contributed by atoms with Crippen molar-refractivity contribution in [2.45, 2.75) is 19.4 Å². The molecule has 0 amide bonds. The van der Waals surface area contributed by atoms with Gasteiger partial charge in [-0.2, -0.15) is 0 Å². The molecule has 6 heteroatoms. The van der Waals surface area contributed by atoms with Crippen LogP contribution in [0.15, 0.2) is 60.7 Å². The fraction of sp³-hybridized carbons (Fsp3) is 0.440. The van der Waals surface area contributed by atoms with Gasteiger partial charge < -0.3 is 9.47 Å². The molecule has 1 aliphatic heterocycles. The highest BCUT2D eigenvalue weighted by Crippen LogP contribution is 2.29. The molecule has 0 radical (unpaired) electrons. The maximum absolute atomic E-state index is 11.3. The molecular weight excluding hydrogens is 392 g/mol. The molecule has 1 aliphatic rings. The zero-order valence-electron chi connectivity index (χ0n) is 18.2. The Hall–Kier alpha value is -2.54. The molecule has 1 fully saturated rings. The number of hydrogen-bond acceptors (Lipinski definition) is 6. The number of ketones is 1. The average Bonchev–Trinajstić information content (AvgIpc) is 2.78. The van der Waals surface area contributed by atoms with E-state index in [1.54, 1.807) is 0 Å². The molecule has 1 heterocycles. The number of rotatable bonds is 11. The molecule has 6 nitrogen and oxygen atoms in total. The Morgan fingerprint density at radius 2 is 1.42 bits per heavy atom. The Balaban J connectivity index is 1.41. The third-order valence-electron chi connectivity index (χ3n) is 5.44. The van der Waals surface area contributed by atoms with Crippen LogP contribution in [-0.2, 0) is 19.1 Å². The quantitative estimate of drug-likeness (QED) is 0.314. The van der Waals surface area contributed by atoms with Gasteiger partial charge in [0, 0.05) is 32.7 Å². The van der Waals surface area contributed by atoms with E-state index in [9.17, 15) is 9.59 Å². The minimum Gasteiger partial charge on any atom is -0.463 e. The van der Waals surface area contributed by atoms with Gasteiger partial charge in [-0.25, -0.2) is 0 Å². The summed E-state index contributed by atoms with van der Waals surface area (Å²) in [6, 6.07) is 21.7. The van der Waals surface area contributed by atoms with Crippen molar-refractivity contribution in [1.82, 2.24) is 9.80 Å². The number of ether oxygens (including phenoxy) is 2. The normalized spacial score (nSPS) is 15.2. The number of carbonyl (C=O) groups is 2. The third-order valence-corrected chi connectivity index (χ3v) is 5.44. The van der Waals surface area contributed by atoms with E-state index in [1.807, 2.05) is 0 Å². The molecule has 0 bridgehead atoms. The summed E-state index contributed by atoms with van der Waals surface area (Å²) >= 11 is 0. The van der Waals surface area contributed by atoms with Gasteiger partial charge in [0.15, 0.2) is 0 Å². The lowest BCUT2D eigenvalue weighted by molar-refractivity contribution is -0.147. The maximum atomic E-state index is 11.3. The predicted octanol–water partition coefficient (Wildman–Crippen LogP) is 2.93. The number of esters is 1. The first-order valence-electron chi connectivity index (χ1n) is 10.9. The van der Waals surface area contributed by atoms with E-state index in [4.69, 9.17) is 9.47 Å². The van der Waals surface area contributed by atoms with Crippen LogP contribution in [0.5, 0.6) is 0 Å². The molecule has 0 spiro atoms. The SMILES string of the molecule is CC(=O)CC(=O)OCCOCCN1CCN(C(c2ccccc2)c2ccccc2)CC1. The minimum absolute atomic E-state index is 0.169. The molecule has 2 aromatic carbocycles. The second kappa shape index (κ2) is 12.3. The molecular formula is C25H32N2O4. The van der Waals surface area contributed by atoms with E-state index in [0.29, 0.717) is 13.2 Å². The van der Waals surface area contributed by atoms with Gasteiger partial charge in [-0.05, 0) is 18.1 Å². The fourth-order valence-electron chi connectivity index (χ4n) is 3.89. The number of benzene rings is 2. The van der Waals surface area contributed by atoms with E-state index < -0.39 is 5.97 Å². The number of nitrogens with zero attached hydrogens (tertiary/aromatic N) is 2. The summed E-state index contributed by atoms with van der Waals surface area (Å²) in [5.41, 5.74) is 2.65. The van der Waals surface area contributed by atoms with Gasteiger partial charge in [0.1, 0.15) is 18.8 Å². The van der Waals surface area contributed by atoms with E-state index in [-0.39, 0.29) is 24.9 Å². The molecule has 1 saturated heterocycles. The Kier molecular flexibility index (Phi) is 9.21. The summed E-state index contributed by atoms with van der Waals surface area (Å²) in [5, 5.41) is 0.